The predicted molar refractivity (Wildman–Crippen MR) is 547 cm³/mol. The van der Waals surface area contributed by atoms with Crippen molar-refractivity contribution >= 4 is 120 Å². The van der Waals surface area contributed by atoms with Gasteiger partial charge in [-0.05, 0) is 344 Å². The number of carbonyl (C=O) groups excluding carboxylic acids is 2. The number of aliphatic hydroxyl groups is 1. The third-order valence-corrected chi connectivity index (χ3v) is 27.8. The summed E-state index contributed by atoms with van der Waals surface area (Å²) in [5.74, 6) is -0.637. The number of halogens is 6. The Labute approximate surface area is 810 Å². The molecule has 6 heterocycles. The lowest BCUT2D eigenvalue weighted by Crippen LogP contribution is -2.52. The molecule has 6 aromatic heterocycles. The van der Waals surface area contributed by atoms with Crippen molar-refractivity contribution in [1.82, 2.24) is 64.4 Å². The summed E-state index contributed by atoms with van der Waals surface area (Å²) < 4.78 is 91.5. The molecule has 0 atom stereocenters. The van der Waals surface area contributed by atoms with Crippen LogP contribution in [-0.2, 0) is 39.9 Å². The quantitative estimate of drug-likeness (QED) is 0.0150. The maximum absolute atomic E-state index is 13.3. The van der Waals surface area contributed by atoms with Gasteiger partial charge in [-0.25, -0.2) is 45.4 Å². The lowest BCUT2D eigenvalue weighted by molar-refractivity contribution is -0.156. The Morgan fingerprint density at radius 3 is 1.09 bits per heavy atom. The topological polar surface area (TPSA) is 264 Å². The molecule has 21 nitrogen and oxygen atoms in total. The van der Waals surface area contributed by atoms with Gasteiger partial charge in [-0.1, -0.05) is 89.8 Å². The Morgan fingerprint density at radius 2 is 0.745 bits per heavy atom. The maximum Gasteiger partial charge on any atom is 0.312 e. The van der Waals surface area contributed by atoms with E-state index < -0.39 is 24.7 Å². The van der Waals surface area contributed by atoms with E-state index in [4.69, 9.17) is 25.4 Å². The van der Waals surface area contributed by atoms with Gasteiger partial charge in [-0.2, -0.15) is 30.6 Å². The van der Waals surface area contributed by atoms with Gasteiger partial charge in [0.2, 0.25) is 14.2 Å². The number of allylic oxidation sites excluding steroid dienone is 1. The number of ether oxygens (including phenoxy) is 2. The van der Waals surface area contributed by atoms with Crippen LogP contribution < -0.4 is 16.8 Å². The Balaban J connectivity index is 0.000000132. The zero-order chi connectivity index (χ0) is 97.6. The fraction of sp³-hybridized carbons (Fsp3) is 0.303. The van der Waals surface area contributed by atoms with E-state index in [9.17, 15) is 36.6 Å². The number of benzene rings is 11. The lowest BCUT2D eigenvalue weighted by atomic mass is 9.55. The van der Waals surface area contributed by atoms with E-state index in [1.54, 1.807) is 95.7 Å². The van der Waals surface area contributed by atoms with E-state index in [-0.39, 0.29) is 51.8 Å². The van der Waals surface area contributed by atoms with E-state index in [1.165, 1.54) is 102 Å². The number of esters is 1. The van der Waals surface area contributed by atoms with Crippen LogP contribution in [0.25, 0.3) is 93.9 Å². The van der Waals surface area contributed by atoms with Crippen molar-refractivity contribution in [2.75, 3.05) is 32.2 Å². The molecule has 7 N–H and O–H groups in total. The largest absolute Gasteiger partial charge is 0.520 e. The highest BCUT2D eigenvalue weighted by molar-refractivity contribution is 14.1. The number of nitrogens with two attached hydrogens (primary N) is 2. The Morgan fingerprint density at radius 1 is 0.423 bits per heavy atom. The Kier molecular flexibility index (Phi) is 31.5. The molecule has 712 valence electrons. The minimum atomic E-state index is -1.49. The summed E-state index contributed by atoms with van der Waals surface area (Å²) in [4.78, 5) is 25.8. The summed E-state index contributed by atoms with van der Waals surface area (Å²) in [6, 6.07) is 67.7. The first-order valence-corrected chi connectivity index (χ1v) is 50.9. The van der Waals surface area contributed by atoms with Crippen molar-refractivity contribution in [1.29, 1.82) is 0 Å². The molecule has 17 aromatic rings. The predicted octanol–water partition coefficient (Wildman–Crippen LogP) is 25.8. The molecule has 137 heavy (non-hydrogen) atoms. The zero-order valence-corrected chi connectivity index (χ0v) is 82.7. The number of hydrogen-bond donors (Lipinski definition) is 5. The molecule has 0 spiro atoms. The minimum Gasteiger partial charge on any atom is -0.520 e. The number of nitrogen functional groups attached to an aromatic ring is 2. The van der Waals surface area contributed by atoms with E-state index in [1.807, 2.05) is 134 Å². The van der Waals surface area contributed by atoms with Crippen molar-refractivity contribution in [2.45, 2.75) is 181 Å². The number of amides is 1. The van der Waals surface area contributed by atoms with E-state index >= 15 is 0 Å². The fourth-order valence-corrected chi connectivity index (χ4v) is 20.3. The highest BCUT2D eigenvalue weighted by Crippen LogP contribution is 2.55. The van der Waals surface area contributed by atoms with Crippen LogP contribution in [0.15, 0.2) is 279 Å². The maximum atomic E-state index is 13.3. The van der Waals surface area contributed by atoms with Gasteiger partial charge in [0.25, 0.3) is 5.95 Å². The number of methoxy groups -OCH3 is 2. The number of fused-ring (bicyclic) bond motifs is 6. The van der Waals surface area contributed by atoms with Crippen LogP contribution in [0.2, 0.25) is 19.6 Å². The highest BCUT2D eigenvalue weighted by Gasteiger charge is 2.53. The standard InChI is InChI=1S/C25H30FN3O.C24H27FN2O2.C19H19FN2O.C13H8FIN2.C13H10FN3.C8H18O2Si.C7H7N3/c1-4-27-23(30)24(2,3)25(14-6-5-7-15-25)19-8-13-22-18(16-19)17-28-29(22)21-11-9-20(26)10-12-21;1-23(2,22(28)29-3)24(13-5-4-6-14-24)18-7-12-21-17(15-18)16-26-27(21)20-10-8-19(25)9-11-20;20-16-5-7-17(8-6-16)22-18-9-4-15(12-14(18)13-21-22)19(23)10-2-1-3-11-19;2*14-10-1-4-12(5-2-10)17-13-6-3-11(15)7-9(13)8-16-17;1-7(2)8(9-3)10-11(4,5)6;8-6-1-2-7-5(3-6)4-9-10-7/h8-13,16-17H,4-7,14-15H2,1-3H3,(H,27,30);7-12,15-16H,4-6,13-14H2,1-3H3;4-9,12-13,23H,1-3,10-11H2;1-8H;1-8H,15H2;1-6H3;1-4H,8H2,(H,9,10). The second kappa shape index (κ2) is 43.4. The first-order valence-electron chi connectivity index (χ1n) is 46.4. The molecule has 3 fully saturated rings. The monoisotopic (exact) mass is 1980 g/mol. The number of carbonyl (C=O) groups is 2. The number of aromatic amines is 1. The molecule has 20 rings (SSSR count). The number of H-pyrrole nitrogens is 1. The molecule has 0 aliphatic heterocycles. The van der Waals surface area contributed by atoms with Gasteiger partial charge in [0.15, 0.2) is 0 Å². The second-order valence-corrected chi connectivity index (χ2v) is 43.1. The van der Waals surface area contributed by atoms with Crippen molar-refractivity contribution in [3.8, 4) is 28.4 Å². The molecule has 0 saturated heterocycles. The van der Waals surface area contributed by atoms with Crippen LogP contribution in [0.4, 0.5) is 33.3 Å². The van der Waals surface area contributed by atoms with Crippen LogP contribution in [0, 0.1) is 43.5 Å². The van der Waals surface area contributed by atoms with Gasteiger partial charge in [-0.15, -0.1) is 0 Å². The van der Waals surface area contributed by atoms with Crippen molar-refractivity contribution < 1.29 is 50.5 Å². The normalized spacial score (nSPS) is 14.4. The van der Waals surface area contributed by atoms with Gasteiger partial charge in [0.1, 0.15) is 29.1 Å². The smallest absolute Gasteiger partial charge is 0.312 e. The third-order valence-electron chi connectivity index (χ3n) is 26.4. The number of hydrogen-bond acceptors (Lipinski definition) is 14. The van der Waals surface area contributed by atoms with Crippen molar-refractivity contribution in [3.63, 3.8) is 0 Å². The number of anilines is 2. The molecular formula is C109H119F5IN15O6Si. The van der Waals surface area contributed by atoms with Crippen LogP contribution in [0.5, 0.6) is 0 Å². The van der Waals surface area contributed by atoms with Gasteiger partial charge in [-0.3, -0.25) is 14.7 Å². The van der Waals surface area contributed by atoms with Crippen molar-refractivity contribution in [3.05, 3.63) is 329 Å². The molecule has 0 radical (unpaired) electrons. The summed E-state index contributed by atoms with van der Waals surface area (Å²) in [5, 5.41) is 48.9. The molecule has 3 aliphatic rings. The number of nitrogens with zero attached hydrogens (tertiary/aromatic N) is 11. The highest BCUT2D eigenvalue weighted by atomic mass is 127. The second-order valence-electron chi connectivity index (χ2n) is 37.4. The van der Waals surface area contributed by atoms with Gasteiger partial charge in [0, 0.05) is 70.2 Å². The van der Waals surface area contributed by atoms with Crippen LogP contribution in [0.1, 0.15) is 161 Å². The average Bonchev–Trinajstić information content (AvgIpc) is 1.72. The molecule has 0 unspecified atom stereocenters. The molecule has 11 aromatic carbocycles. The van der Waals surface area contributed by atoms with Crippen LogP contribution in [0.3, 0.4) is 0 Å². The molecular weight excluding hydrogens is 1870 g/mol. The first kappa shape index (κ1) is 99.6. The number of aromatic nitrogens is 12. The Bertz CT molecular complexity index is 6900. The number of rotatable bonds is 16. The Hall–Kier alpha value is -13.3. The zero-order valence-electron chi connectivity index (χ0n) is 79.5. The summed E-state index contributed by atoms with van der Waals surface area (Å²) in [7, 11) is 1.62. The summed E-state index contributed by atoms with van der Waals surface area (Å²) in [5.41, 5.74) is 24.9. The van der Waals surface area contributed by atoms with Gasteiger partial charge < -0.3 is 35.8 Å². The molecule has 3 aliphatic carbocycles. The van der Waals surface area contributed by atoms with E-state index in [2.05, 4.69) is 140 Å². The molecule has 1 amide bonds. The van der Waals surface area contributed by atoms with E-state index in [0.717, 1.165) is 188 Å². The SMILES string of the molecule is CCNC(=O)C(C)(C)C1(c2ccc3c(cnn3-c3ccc(F)cc3)c2)CCCCC1.COC(=O)C(C)(C)C1(c2ccc3c(cnn3-c3ccc(F)cc3)c2)CCCCC1.COC(O[Si](C)(C)C)=C(C)C.Fc1ccc(-n2ncc3cc(I)ccc32)cc1.Nc1ccc2[nH]ncc2c1.Nc1ccc2c(cnn2-c2ccc(F)cc2)c1.OC1(c2ccc3c(cnn3-c3ccc(F)cc3)c2)CCCCC1. The van der Waals surface area contributed by atoms with Crippen molar-refractivity contribution in [2.24, 2.45) is 10.8 Å². The lowest BCUT2D eigenvalue weighted by Gasteiger charge is -2.48. The van der Waals surface area contributed by atoms with E-state index in [0.29, 0.717) is 18.2 Å². The van der Waals surface area contributed by atoms with Crippen LogP contribution >= 0.6 is 22.6 Å². The minimum absolute atomic E-state index is 0.119. The molecule has 0 bridgehead atoms. The third kappa shape index (κ3) is 22.8. The summed E-state index contributed by atoms with van der Waals surface area (Å²) in [6.45, 7) is 21.2. The first-order chi connectivity index (χ1) is 65.6. The number of nitrogens with one attached hydrogen (secondary N) is 2. The van der Waals surface area contributed by atoms with Gasteiger partial charge in [0.05, 0.1) is 129 Å². The molecule has 28 heteroatoms. The average molecular weight is 1990 g/mol. The molecule has 3 saturated carbocycles. The fourth-order valence-electron chi connectivity index (χ4n) is 18.9. The summed E-state index contributed by atoms with van der Waals surface area (Å²) in [6.07, 6.45) is 26.7. The van der Waals surface area contributed by atoms with Crippen LogP contribution in [-0.4, -0.2) is 105 Å². The summed E-state index contributed by atoms with van der Waals surface area (Å²) >= 11 is 2.27. The van der Waals surface area contributed by atoms with Gasteiger partial charge >= 0.3 is 5.97 Å².